The third-order valence-corrected chi connectivity index (χ3v) is 3.22. The van der Waals surface area contributed by atoms with E-state index in [0.29, 0.717) is 0 Å². The number of carbonyl (C=O) groups excluding carboxylic acids is 4. The molecule has 5 atom stereocenters. The van der Waals surface area contributed by atoms with Crippen LogP contribution < -0.4 is 0 Å². The average molecular weight is 379 g/mol. The Balaban J connectivity index is 3.36. The van der Waals surface area contributed by atoms with Crippen molar-refractivity contribution in [3.8, 4) is 0 Å². The van der Waals surface area contributed by atoms with Crippen LogP contribution in [0.15, 0.2) is 0 Å². The number of aliphatic hydroxyl groups is 1. The Morgan fingerprint density at radius 2 is 1.50 bits per heavy atom. The van der Waals surface area contributed by atoms with Gasteiger partial charge < -0.3 is 33.5 Å². The van der Waals surface area contributed by atoms with Crippen molar-refractivity contribution >= 4 is 23.9 Å². The summed E-state index contributed by atoms with van der Waals surface area (Å²) in [5.41, 5.74) is 0. The van der Waals surface area contributed by atoms with Crippen LogP contribution >= 0.6 is 0 Å². The lowest BCUT2D eigenvalue weighted by Crippen LogP contribution is -2.68. The van der Waals surface area contributed by atoms with E-state index in [-0.39, 0.29) is 0 Å². The van der Waals surface area contributed by atoms with E-state index in [2.05, 4.69) is 0 Å². The highest BCUT2D eigenvalue weighted by Crippen LogP contribution is 2.34. The minimum absolute atomic E-state index is 0.512. The topological polar surface area (TPSA) is 144 Å². The summed E-state index contributed by atoms with van der Waals surface area (Å²) in [6.45, 7) is 3.72. The number of carbonyl (C=O) groups is 4. The highest BCUT2D eigenvalue weighted by molar-refractivity contribution is 5.68. The largest absolute Gasteiger partial charge is 0.463 e. The van der Waals surface area contributed by atoms with Gasteiger partial charge in [0.25, 0.3) is 0 Å². The summed E-state index contributed by atoms with van der Waals surface area (Å²) in [6, 6.07) is 0. The van der Waals surface area contributed by atoms with Gasteiger partial charge in [-0.05, 0) is 0 Å². The van der Waals surface area contributed by atoms with Crippen LogP contribution in [0.25, 0.3) is 0 Å². The predicted molar refractivity (Wildman–Crippen MR) is 80.1 cm³/mol. The molecule has 0 bridgehead atoms. The summed E-state index contributed by atoms with van der Waals surface area (Å²) in [5, 5.41) is 10.6. The van der Waals surface area contributed by atoms with Crippen molar-refractivity contribution in [3.05, 3.63) is 0 Å². The van der Waals surface area contributed by atoms with E-state index in [9.17, 15) is 24.3 Å². The van der Waals surface area contributed by atoms with E-state index in [1.54, 1.807) is 0 Å². The summed E-state index contributed by atoms with van der Waals surface area (Å²) >= 11 is 0. The van der Waals surface area contributed by atoms with E-state index in [1.165, 1.54) is 0 Å². The van der Waals surface area contributed by atoms with Gasteiger partial charge in [0.1, 0.15) is 12.7 Å². The van der Waals surface area contributed by atoms with Crippen molar-refractivity contribution in [2.45, 2.75) is 58.1 Å². The van der Waals surface area contributed by atoms with E-state index < -0.39 is 68.0 Å². The monoisotopic (exact) mass is 379 g/mol. The Morgan fingerprint density at radius 3 is 1.96 bits per heavy atom. The number of rotatable bonds is 6. The van der Waals surface area contributed by atoms with Crippen LogP contribution in [0.4, 0.5) is 0 Å². The van der Waals surface area contributed by atoms with Crippen molar-refractivity contribution in [1.29, 1.82) is 0 Å². The molecule has 1 unspecified atom stereocenters. The molecule has 0 aromatic rings. The molecule has 148 valence electrons. The van der Waals surface area contributed by atoms with Crippen LogP contribution in [0.1, 0.15) is 29.1 Å². The zero-order chi connectivity index (χ0) is 20.8. The van der Waals surface area contributed by atoms with Crippen molar-refractivity contribution in [2.75, 3.05) is 13.7 Å². The Kier molecular flexibility index (Phi) is 6.89. The van der Waals surface area contributed by atoms with Gasteiger partial charge in [0.05, 0.1) is 1.37 Å². The Bertz CT molecular complexity index is 580. The molecular weight excluding hydrogens is 356 g/mol. The minimum atomic E-state index is -2.73. The molecular formula is C15H22O11. The summed E-state index contributed by atoms with van der Waals surface area (Å²) in [6.07, 6.45) is -6.13. The van der Waals surface area contributed by atoms with Crippen molar-refractivity contribution in [2.24, 2.45) is 0 Å². The standard InChI is InChI=1S/C15H22O11/c1-7(16)22-6-11-12(23-8(2)17)13(24-9(3)18)14(25-10(4)19)15(20,21-5)26-11/h11-14,20H,6H2,1-5H3/t11-,12-,13+,14-,15?/m1/s1/i5D. The molecule has 1 saturated heterocycles. The maximum absolute atomic E-state index is 11.5. The highest BCUT2D eigenvalue weighted by Gasteiger charge is 2.60. The van der Waals surface area contributed by atoms with Gasteiger partial charge in [-0.25, -0.2) is 0 Å². The van der Waals surface area contributed by atoms with Gasteiger partial charge in [0.2, 0.25) is 6.10 Å². The van der Waals surface area contributed by atoms with Crippen LogP contribution in [0.3, 0.4) is 0 Å². The second-order valence-corrected chi connectivity index (χ2v) is 5.41. The normalized spacial score (nSPS) is 31.3. The molecule has 1 rings (SSSR count). The third kappa shape index (κ3) is 5.64. The van der Waals surface area contributed by atoms with E-state index >= 15 is 0 Å². The lowest BCUT2D eigenvalue weighted by Gasteiger charge is -2.47. The van der Waals surface area contributed by atoms with Gasteiger partial charge >= 0.3 is 29.9 Å². The fraction of sp³-hybridized carbons (Fsp3) is 0.733. The summed E-state index contributed by atoms with van der Waals surface area (Å²) in [5.74, 6) is -5.98. The molecule has 0 radical (unpaired) electrons. The van der Waals surface area contributed by atoms with E-state index in [0.717, 1.165) is 27.7 Å². The minimum Gasteiger partial charge on any atom is -0.463 e. The molecule has 1 fully saturated rings. The summed E-state index contributed by atoms with van der Waals surface area (Å²) < 4.78 is 37.2. The van der Waals surface area contributed by atoms with Crippen LogP contribution in [-0.4, -0.2) is 73.1 Å². The van der Waals surface area contributed by atoms with Crippen molar-refractivity contribution in [3.63, 3.8) is 0 Å². The molecule has 1 aliphatic rings. The first kappa shape index (κ1) is 20.1. The van der Waals surface area contributed by atoms with Gasteiger partial charge in [-0.2, -0.15) is 0 Å². The first-order valence-electron chi connectivity index (χ1n) is 8.19. The third-order valence-electron chi connectivity index (χ3n) is 3.22. The number of hydrogen-bond acceptors (Lipinski definition) is 11. The molecule has 0 aromatic carbocycles. The van der Waals surface area contributed by atoms with Gasteiger partial charge in [0.15, 0.2) is 12.2 Å². The second-order valence-electron chi connectivity index (χ2n) is 5.41. The van der Waals surface area contributed by atoms with Gasteiger partial charge in [-0.3, -0.25) is 19.2 Å². The molecule has 1 aliphatic heterocycles. The second kappa shape index (κ2) is 8.92. The SMILES string of the molecule is [2H]COC1(O)O[C@H](COC(C)=O)[C@@H](OC(C)=O)[C@H](OC(C)=O)[C@H]1OC(C)=O. The zero-order valence-corrected chi connectivity index (χ0v) is 14.8. The van der Waals surface area contributed by atoms with Crippen molar-refractivity contribution < 1.29 is 54.1 Å². The molecule has 11 heteroatoms. The number of ether oxygens (including phenoxy) is 6. The first-order chi connectivity index (χ1) is 12.5. The number of hydrogen-bond donors (Lipinski definition) is 1. The molecule has 0 amide bonds. The van der Waals surface area contributed by atoms with Crippen LogP contribution in [0, 0.1) is 0 Å². The molecule has 0 aliphatic carbocycles. The summed E-state index contributed by atoms with van der Waals surface area (Å²) in [4.78, 5) is 45.6. The molecule has 1 heterocycles. The van der Waals surface area contributed by atoms with E-state index in [1.807, 2.05) is 0 Å². The fourth-order valence-electron chi connectivity index (χ4n) is 2.36. The average Bonchev–Trinajstić information content (AvgIpc) is 2.51. The molecule has 0 saturated carbocycles. The molecule has 0 spiro atoms. The van der Waals surface area contributed by atoms with Crippen LogP contribution in [0.5, 0.6) is 0 Å². The number of methoxy groups -OCH3 is 1. The Morgan fingerprint density at radius 1 is 0.962 bits per heavy atom. The maximum Gasteiger partial charge on any atom is 0.324 e. The summed E-state index contributed by atoms with van der Waals surface area (Å²) in [7, 11) is -0.820. The molecule has 26 heavy (non-hydrogen) atoms. The molecule has 0 aromatic heterocycles. The Labute approximate surface area is 150 Å². The predicted octanol–water partition coefficient (Wildman–Crippen LogP) is -0.964. The van der Waals surface area contributed by atoms with Gasteiger partial charge in [-0.1, -0.05) is 0 Å². The van der Waals surface area contributed by atoms with E-state index in [4.69, 9.17) is 29.8 Å². The fourth-order valence-corrected chi connectivity index (χ4v) is 2.36. The Hall–Kier alpha value is -2.24. The molecule has 11 nitrogen and oxygen atoms in total. The van der Waals surface area contributed by atoms with Crippen LogP contribution in [-0.2, 0) is 47.6 Å². The van der Waals surface area contributed by atoms with Gasteiger partial charge in [-0.15, -0.1) is 0 Å². The zero-order valence-electron chi connectivity index (χ0n) is 15.8. The quantitative estimate of drug-likeness (QED) is 0.346. The first-order valence-corrected chi connectivity index (χ1v) is 7.48. The lowest BCUT2D eigenvalue weighted by molar-refractivity contribution is -0.441. The van der Waals surface area contributed by atoms with Crippen molar-refractivity contribution in [1.82, 2.24) is 0 Å². The highest BCUT2D eigenvalue weighted by atomic mass is 16.8. The van der Waals surface area contributed by atoms with Gasteiger partial charge in [0, 0.05) is 34.8 Å². The smallest absolute Gasteiger partial charge is 0.324 e. The van der Waals surface area contributed by atoms with Crippen LogP contribution in [0.2, 0.25) is 0 Å². The maximum atomic E-state index is 11.5. The lowest BCUT2D eigenvalue weighted by atomic mass is 9.96. The molecule has 1 N–H and O–H groups in total. The number of esters is 4.